The van der Waals surface area contributed by atoms with Gasteiger partial charge in [-0.2, -0.15) is 11.8 Å². The summed E-state index contributed by atoms with van der Waals surface area (Å²) in [5.74, 6) is 0.320. The molecule has 0 aliphatic heterocycles. The van der Waals surface area contributed by atoms with Crippen LogP contribution in [0.25, 0.3) is 0 Å². The van der Waals surface area contributed by atoms with Crippen molar-refractivity contribution in [2.45, 2.75) is 129 Å². The Morgan fingerprint density at radius 2 is 1.70 bits per heavy atom. The minimum Gasteiger partial charge on any atom is -0.444 e. The number of alkyl carbamates (subject to hydrolysis) is 1. The van der Waals surface area contributed by atoms with E-state index in [1.54, 1.807) is 37.4 Å². The smallest absolute Gasteiger partial charge is 0.408 e. The van der Waals surface area contributed by atoms with Crippen molar-refractivity contribution >= 4 is 29.7 Å². The highest BCUT2D eigenvalue weighted by molar-refractivity contribution is 7.98. The summed E-state index contributed by atoms with van der Waals surface area (Å²) in [6, 6.07) is 6.62. The fourth-order valence-corrected chi connectivity index (χ4v) is 5.63. The van der Waals surface area contributed by atoms with E-state index in [2.05, 4.69) is 24.5 Å². The Morgan fingerprint density at radius 1 is 1.02 bits per heavy atom. The second-order valence-electron chi connectivity index (χ2n) is 11.9. The van der Waals surface area contributed by atoms with Gasteiger partial charge in [-0.3, -0.25) is 9.59 Å². The molecule has 40 heavy (non-hydrogen) atoms. The van der Waals surface area contributed by atoms with Gasteiger partial charge in [0, 0.05) is 12.6 Å². The van der Waals surface area contributed by atoms with E-state index in [9.17, 15) is 14.4 Å². The highest BCUT2D eigenvalue weighted by atomic mass is 32.2. The lowest BCUT2D eigenvalue weighted by atomic mass is 9.94. The Bertz CT molecular complexity index is 910. The van der Waals surface area contributed by atoms with Crippen LogP contribution in [0.3, 0.4) is 0 Å². The van der Waals surface area contributed by atoms with E-state index in [-0.39, 0.29) is 17.9 Å². The number of ether oxygens (including phenoxy) is 1. The van der Waals surface area contributed by atoms with Crippen LogP contribution in [-0.4, -0.2) is 59.0 Å². The molecule has 8 heteroatoms. The van der Waals surface area contributed by atoms with Crippen LogP contribution in [-0.2, 0) is 20.7 Å². The number of carbonyl (C=O) groups excluding carboxylic acids is 3. The zero-order chi connectivity index (χ0) is 29.5. The van der Waals surface area contributed by atoms with Gasteiger partial charge in [0.25, 0.3) is 0 Å². The van der Waals surface area contributed by atoms with Gasteiger partial charge in [0.2, 0.25) is 11.8 Å². The molecule has 0 heterocycles. The first-order valence-corrected chi connectivity index (χ1v) is 16.7. The number of benzene rings is 1. The van der Waals surface area contributed by atoms with Gasteiger partial charge in [-0.1, -0.05) is 76.6 Å². The van der Waals surface area contributed by atoms with Gasteiger partial charge >= 0.3 is 6.09 Å². The Kier molecular flexibility index (Phi) is 14.9. The molecule has 7 nitrogen and oxygen atoms in total. The van der Waals surface area contributed by atoms with Crippen LogP contribution in [0, 0.1) is 0 Å². The summed E-state index contributed by atoms with van der Waals surface area (Å²) in [6.07, 6.45) is 12.0. The van der Waals surface area contributed by atoms with Crippen LogP contribution in [0.2, 0.25) is 0 Å². The van der Waals surface area contributed by atoms with E-state index in [0.717, 1.165) is 63.4 Å². The summed E-state index contributed by atoms with van der Waals surface area (Å²) < 4.78 is 5.50. The van der Waals surface area contributed by atoms with Gasteiger partial charge in [-0.15, -0.1) is 0 Å². The van der Waals surface area contributed by atoms with Gasteiger partial charge in [0.05, 0.1) is 0 Å². The summed E-state index contributed by atoms with van der Waals surface area (Å²) in [6.45, 7) is 10.1. The Balaban J connectivity index is 2.45. The van der Waals surface area contributed by atoms with E-state index in [1.807, 2.05) is 30.5 Å². The molecule has 1 fully saturated rings. The Labute approximate surface area is 246 Å². The van der Waals surface area contributed by atoms with Gasteiger partial charge in [0.1, 0.15) is 17.7 Å². The lowest BCUT2D eigenvalue weighted by Crippen LogP contribution is -2.54. The molecule has 1 aliphatic carbocycles. The molecule has 3 amide bonds. The number of aryl methyl sites for hydroxylation is 1. The molecule has 226 valence electrons. The molecule has 2 unspecified atom stereocenters. The Hall–Kier alpha value is -2.22. The average Bonchev–Trinajstić information content (AvgIpc) is 2.92. The van der Waals surface area contributed by atoms with Crippen molar-refractivity contribution < 1.29 is 19.1 Å². The molecular formula is C32H53N3O4S. The first kappa shape index (κ1) is 34.0. The number of thioether (sulfide) groups is 1. The third-order valence-electron chi connectivity index (χ3n) is 7.35. The van der Waals surface area contributed by atoms with Crippen molar-refractivity contribution in [3.05, 3.63) is 35.4 Å². The molecule has 1 aliphatic rings. The topological polar surface area (TPSA) is 87.7 Å². The summed E-state index contributed by atoms with van der Waals surface area (Å²) in [5, 5.41) is 6.13. The van der Waals surface area contributed by atoms with E-state index in [4.69, 9.17) is 4.74 Å². The second-order valence-corrected chi connectivity index (χ2v) is 12.9. The summed E-state index contributed by atoms with van der Waals surface area (Å²) in [5.41, 5.74) is 1.30. The standard InChI is InChI=1S/C32H53N3O4S/c1-7-9-10-14-22-35(30(37)27(21-23-40-6)34-31(38)39-32(3,4)5)28(25-19-17-24(8-2)18-20-25)29(36)33-26-15-12-11-13-16-26/h17-20,26-28H,7-16,21-23H2,1-6H3,(H,33,36)(H,34,38). The van der Waals surface area contributed by atoms with Crippen molar-refractivity contribution in [2.24, 2.45) is 0 Å². The maximum absolute atomic E-state index is 14.3. The first-order valence-electron chi connectivity index (χ1n) is 15.3. The summed E-state index contributed by atoms with van der Waals surface area (Å²) >= 11 is 1.62. The molecule has 0 radical (unpaired) electrons. The minimum absolute atomic E-state index is 0.128. The van der Waals surface area contributed by atoms with Crippen LogP contribution < -0.4 is 10.6 Å². The number of carbonyl (C=O) groups is 3. The Morgan fingerprint density at radius 3 is 2.27 bits per heavy atom. The molecule has 2 N–H and O–H groups in total. The third kappa shape index (κ3) is 11.7. The van der Waals surface area contributed by atoms with Gasteiger partial charge in [-0.05, 0) is 76.0 Å². The number of nitrogens with one attached hydrogen (secondary N) is 2. The molecule has 0 spiro atoms. The molecule has 1 aromatic carbocycles. The SMILES string of the molecule is CCCCCCN(C(=O)C(CCSC)NC(=O)OC(C)(C)C)C(C(=O)NC1CCCCC1)c1ccc(CC)cc1. The zero-order valence-corrected chi connectivity index (χ0v) is 26.5. The van der Waals surface area contributed by atoms with Gasteiger partial charge in [-0.25, -0.2) is 4.79 Å². The number of unbranched alkanes of at least 4 members (excludes halogenated alkanes) is 3. The van der Waals surface area contributed by atoms with Gasteiger partial charge < -0.3 is 20.3 Å². The molecule has 2 atom stereocenters. The summed E-state index contributed by atoms with van der Waals surface area (Å²) in [4.78, 5) is 42.8. The van der Waals surface area contributed by atoms with Crippen molar-refractivity contribution in [2.75, 3.05) is 18.6 Å². The van der Waals surface area contributed by atoms with Crippen molar-refractivity contribution in [1.29, 1.82) is 0 Å². The van der Waals surface area contributed by atoms with Crippen LogP contribution >= 0.6 is 11.8 Å². The lowest BCUT2D eigenvalue weighted by molar-refractivity contribution is -0.143. The van der Waals surface area contributed by atoms with E-state index >= 15 is 0 Å². The van der Waals surface area contributed by atoms with Crippen LogP contribution in [0.15, 0.2) is 24.3 Å². The normalized spacial score (nSPS) is 15.7. The molecule has 1 saturated carbocycles. The second kappa shape index (κ2) is 17.6. The predicted octanol–water partition coefficient (Wildman–Crippen LogP) is 6.79. The molecule has 0 aromatic heterocycles. The first-order chi connectivity index (χ1) is 19.1. The number of hydrogen-bond acceptors (Lipinski definition) is 5. The average molecular weight is 576 g/mol. The van der Waals surface area contributed by atoms with E-state index < -0.39 is 23.8 Å². The fourth-order valence-electron chi connectivity index (χ4n) is 5.15. The van der Waals surface area contributed by atoms with Crippen molar-refractivity contribution in [1.82, 2.24) is 15.5 Å². The molecule has 2 rings (SSSR count). The highest BCUT2D eigenvalue weighted by Crippen LogP contribution is 2.27. The molecule has 0 saturated heterocycles. The maximum Gasteiger partial charge on any atom is 0.408 e. The zero-order valence-electron chi connectivity index (χ0n) is 25.7. The molecule has 0 bridgehead atoms. The minimum atomic E-state index is -0.784. The number of hydrogen-bond donors (Lipinski definition) is 2. The summed E-state index contributed by atoms with van der Waals surface area (Å²) in [7, 11) is 0. The van der Waals surface area contributed by atoms with Gasteiger partial charge in [0.15, 0.2) is 0 Å². The van der Waals surface area contributed by atoms with E-state index in [0.29, 0.717) is 18.7 Å². The van der Waals surface area contributed by atoms with Crippen molar-refractivity contribution in [3.63, 3.8) is 0 Å². The number of amides is 3. The molecule has 1 aromatic rings. The largest absolute Gasteiger partial charge is 0.444 e. The number of rotatable bonds is 15. The fraction of sp³-hybridized carbons (Fsp3) is 0.719. The third-order valence-corrected chi connectivity index (χ3v) is 7.99. The lowest BCUT2D eigenvalue weighted by Gasteiger charge is -2.36. The van der Waals surface area contributed by atoms with E-state index in [1.165, 1.54) is 12.0 Å². The predicted molar refractivity (Wildman–Crippen MR) is 166 cm³/mol. The monoisotopic (exact) mass is 575 g/mol. The number of nitrogens with zero attached hydrogens (tertiary/aromatic N) is 1. The maximum atomic E-state index is 14.3. The highest BCUT2D eigenvalue weighted by Gasteiger charge is 2.36. The van der Waals surface area contributed by atoms with Crippen LogP contribution in [0.4, 0.5) is 4.79 Å². The van der Waals surface area contributed by atoms with Crippen LogP contribution in [0.5, 0.6) is 0 Å². The van der Waals surface area contributed by atoms with Crippen molar-refractivity contribution in [3.8, 4) is 0 Å². The quantitative estimate of drug-likeness (QED) is 0.225. The molecular weight excluding hydrogens is 522 g/mol. The van der Waals surface area contributed by atoms with Crippen LogP contribution in [0.1, 0.15) is 116 Å².